The Morgan fingerprint density at radius 3 is 2.47 bits per heavy atom. The van der Waals surface area contributed by atoms with E-state index in [2.05, 4.69) is 37.8 Å². The zero-order valence-electron chi connectivity index (χ0n) is 11.4. The molecule has 0 saturated carbocycles. The maximum Gasteiger partial charge on any atom is 0.0899 e. The predicted molar refractivity (Wildman–Crippen MR) is 78.8 cm³/mol. The number of aryl methyl sites for hydroxylation is 2. The van der Waals surface area contributed by atoms with Crippen LogP contribution >= 0.6 is 0 Å². The Morgan fingerprint density at radius 1 is 1.05 bits per heavy atom. The highest BCUT2D eigenvalue weighted by atomic mass is 16.3. The van der Waals surface area contributed by atoms with Crippen molar-refractivity contribution in [1.29, 1.82) is 0 Å². The molecule has 1 N–H and O–H groups in total. The molecule has 0 fully saturated rings. The van der Waals surface area contributed by atoms with Crippen LogP contribution in [0.5, 0.6) is 0 Å². The molecule has 2 aromatic rings. The first kappa shape index (κ1) is 13.4. The van der Waals surface area contributed by atoms with E-state index >= 15 is 0 Å². The summed E-state index contributed by atoms with van der Waals surface area (Å²) < 4.78 is 0. The molecule has 0 heterocycles. The highest BCUT2D eigenvalue weighted by molar-refractivity contribution is 5.42. The Labute approximate surface area is 114 Å². The van der Waals surface area contributed by atoms with Crippen LogP contribution in [0.2, 0.25) is 0 Å². The Bertz CT molecular complexity index is 603. The van der Waals surface area contributed by atoms with E-state index in [0.717, 1.165) is 11.1 Å². The number of aliphatic hydroxyl groups excluding tert-OH is 1. The van der Waals surface area contributed by atoms with Crippen molar-refractivity contribution in [3.8, 4) is 11.8 Å². The van der Waals surface area contributed by atoms with E-state index in [0.29, 0.717) is 6.42 Å². The highest BCUT2D eigenvalue weighted by Gasteiger charge is 2.03. The third-order valence-electron chi connectivity index (χ3n) is 3.08. The topological polar surface area (TPSA) is 20.2 Å². The molecule has 0 unspecified atom stereocenters. The van der Waals surface area contributed by atoms with Crippen molar-refractivity contribution in [3.63, 3.8) is 0 Å². The fourth-order valence-electron chi connectivity index (χ4n) is 1.99. The normalized spacial score (nSPS) is 11.5. The molecular weight excluding hydrogens is 232 g/mol. The summed E-state index contributed by atoms with van der Waals surface area (Å²) in [6.07, 6.45) is -0.0587. The number of benzene rings is 2. The summed E-state index contributed by atoms with van der Waals surface area (Å²) >= 11 is 0. The Morgan fingerprint density at radius 2 is 1.79 bits per heavy atom. The SMILES string of the molecule is Cc1ccc(C#CC[C@@H](O)c2ccccc2)c(C)c1. The van der Waals surface area contributed by atoms with Gasteiger partial charge >= 0.3 is 0 Å². The molecule has 96 valence electrons. The van der Waals surface area contributed by atoms with Crippen LogP contribution < -0.4 is 0 Å². The summed E-state index contributed by atoms with van der Waals surface area (Å²) in [6, 6.07) is 15.9. The predicted octanol–water partition coefficient (Wildman–Crippen LogP) is 3.78. The Kier molecular flexibility index (Phi) is 4.39. The number of rotatable bonds is 2. The highest BCUT2D eigenvalue weighted by Crippen LogP contribution is 2.15. The van der Waals surface area contributed by atoms with Crippen molar-refractivity contribution >= 4 is 0 Å². The van der Waals surface area contributed by atoms with E-state index in [9.17, 15) is 5.11 Å². The van der Waals surface area contributed by atoms with Crippen molar-refractivity contribution in [1.82, 2.24) is 0 Å². The average Bonchev–Trinajstić information content (AvgIpc) is 2.42. The number of aliphatic hydroxyl groups is 1. The summed E-state index contributed by atoms with van der Waals surface area (Å²) in [5.41, 5.74) is 4.37. The second-order valence-electron chi connectivity index (χ2n) is 4.75. The van der Waals surface area contributed by atoms with Gasteiger partial charge in [0.2, 0.25) is 0 Å². The van der Waals surface area contributed by atoms with Crippen LogP contribution in [0.3, 0.4) is 0 Å². The number of hydrogen-bond acceptors (Lipinski definition) is 1. The maximum atomic E-state index is 10.0. The summed E-state index contributed by atoms with van der Waals surface area (Å²) in [7, 11) is 0. The van der Waals surface area contributed by atoms with Crippen LogP contribution in [0.1, 0.15) is 34.8 Å². The van der Waals surface area contributed by atoms with Crippen LogP contribution in [0.15, 0.2) is 48.5 Å². The van der Waals surface area contributed by atoms with Gasteiger partial charge in [0.25, 0.3) is 0 Å². The van der Waals surface area contributed by atoms with Crippen molar-refractivity contribution < 1.29 is 5.11 Å². The van der Waals surface area contributed by atoms with Crippen molar-refractivity contribution in [2.24, 2.45) is 0 Å². The molecule has 0 aliphatic rings. The van der Waals surface area contributed by atoms with Crippen LogP contribution in [0.4, 0.5) is 0 Å². The third-order valence-corrected chi connectivity index (χ3v) is 3.08. The standard InChI is InChI=1S/C18H18O/c1-14-11-12-16(15(2)13-14)9-6-10-18(19)17-7-4-3-5-8-17/h3-5,7-8,11-13,18-19H,10H2,1-2H3/t18-/m1/s1. The molecule has 0 bridgehead atoms. The molecule has 2 rings (SSSR count). The zero-order chi connectivity index (χ0) is 13.7. The molecule has 19 heavy (non-hydrogen) atoms. The fourth-order valence-corrected chi connectivity index (χ4v) is 1.99. The molecule has 2 aromatic carbocycles. The average molecular weight is 250 g/mol. The fraction of sp³-hybridized carbons (Fsp3) is 0.222. The Balaban J connectivity index is 2.05. The minimum absolute atomic E-state index is 0.456. The van der Waals surface area contributed by atoms with Crippen LogP contribution in [0.25, 0.3) is 0 Å². The van der Waals surface area contributed by atoms with Gasteiger partial charge in [0, 0.05) is 12.0 Å². The summed E-state index contributed by atoms with van der Waals surface area (Å²) in [5, 5.41) is 10.0. The Hall–Kier alpha value is -2.04. The van der Waals surface area contributed by atoms with E-state index in [-0.39, 0.29) is 0 Å². The smallest absolute Gasteiger partial charge is 0.0899 e. The van der Waals surface area contributed by atoms with E-state index < -0.39 is 6.10 Å². The second kappa shape index (κ2) is 6.22. The first-order valence-electron chi connectivity index (χ1n) is 6.46. The van der Waals surface area contributed by atoms with Crippen molar-refractivity contribution in [2.45, 2.75) is 26.4 Å². The first-order valence-corrected chi connectivity index (χ1v) is 6.46. The van der Waals surface area contributed by atoms with Gasteiger partial charge in [-0.1, -0.05) is 59.9 Å². The molecule has 0 spiro atoms. The van der Waals surface area contributed by atoms with E-state index in [1.165, 1.54) is 11.1 Å². The molecule has 1 nitrogen and oxygen atoms in total. The summed E-state index contributed by atoms with van der Waals surface area (Å²) in [6.45, 7) is 4.13. The monoisotopic (exact) mass is 250 g/mol. The van der Waals surface area contributed by atoms with Crippen LogP contribution in [-0.2, 0) is 0 Å². The number of hydrogen-bond donors (Lipinski definition) is 1. The molecule has 0 aliphatic carbocycles. The van der Waals surface area contributed by atoms with Gasteiger partial charge in [0.15, 0.2) is 0 Å². The van der Waals surface area contributed by atoms with Gasteiger partial charge in [-0.15, -0.1) is 0 Å². The van der Waals surface area contributed by atoms with Crippen LogP contribution in [-0.4, -0.2) is 5.11 Å². The summed E-state index contributed by atoms with van der Waals surface area (Å²) in [5.74, 6) is 6.19. The van der Waals surface area contributed by atoms with Crippen molar-refractivity contribution in [3.05, 3.63) is 70.8 Å². The van der Waals surface area contributed by atoms with Gasteiger partial charge in [0.05, 0.1) is 6.10 Å². The molecular formula is C18H18O. The molecule has 1 atom stereocenters. The van der Waals surface area contributed by atoms with E-state index in [1.807, 2.05) is 36.4 Å². The van der Waals surface area contributed by atoms with E-state index in [4.69, 9.17) is 0 Å². The van der Waals surface area contributed by atoms with Gasteiger partial charge in [-0.05, 0) is 31.0 Å². The molecule has 0 saturated heterocycles. The third kappa shape index (κ3) is 3.71. The lowest BCUT2D eigenvalue weighted by Gasteiger charge is -2.06. The van der Waals surface area contributed by atoms with Gasteiger partial charge in [0.1, 0.15) is 0 Å². The van der Waals surface area contributed by atoms with Gasteiger partial charge in [-0.2, -0.15) is 0 Å². The van der Waals surface area contributed by atoms with Crippen LogP contribution in [0, 0.1) is 25.7 Å². The first-order chi connectivity index (χ1) is 9.16. The second-order valence-corrected chi connectivity index (χ2v) is 4.75. The quantitative estimate of drug-likeness (QED) is 0.804. The maximum absolute atomic E-state index is 10.0. The van der Waals surface area contributed by atoms with Gasteiger partial charge in [-0.25, -0.2) is 0 Å². The molecule has 0 aliphatic heterocycles. The minimum Gasteiger partial charge on any atom is -0.387 e. The molecule has 0 aromatic heterocycles. The minimum atomic E-state index is -0.514. The lowest BCUT2D eigenvalue weighted by molar-refractivity contribution is 0.184. The zero-order valence-corrected chi connectivity index (χ0v) is 11.4. The van der Waals surface area contributed by atoms with Gasteiger partial charge in [-0.3, -0.25) is 0 Å². The lowest BCUT2D eigenvalue weighted by Crippen LogP contribution is -1.95. The van der Waals surface area contributed by atoms with E-state index in [1.54, 1.807) is 0 Å². The van der Waals surface area contributed by atoms with Crippen molar-refractivity contribution in [2.75, 3.05) is 0 Å². The molecule has 0 amide bonds. The van der Waals surface area contributed by atoms with Gasteiger partial charge < -0.3 is 5.11 Å². The molecule has 0 radical (unpaired) electrons. The molecule has 1 heteroatoms. The summed E-state index contributed by atoms with van der Waals surface area (Å²) in [4.78, 5) is 0. The largest absolute Gasteiger partial charge is 0.387 e. The lowest BCUT2D eigenvalue weighted by atomic mass is 10.0.